The standard InChI is InChI=1S/C18H20Cl2N6S/c1-13-16(19)17(20)26(24-13)9-5-8-21-18(27)23-15-10-22-25(12-15)11-14-6-3-2-4-7-14/h2-4,6-7,10,12H,5,8-9,11H2,1H3,(H2,21,23,27). The smallest absolute Gasteiger partial charge is 0.170 e. The fourth-order valence-corrected chi connectivity index (χ4v) is 3.19. The minimum Gasteiger partial charge on any atom is -0.362 e. The molecule has 9 heteroatoms. The number of aryl methyl sites for hydroxylation is 2. The molecule has 0 fully saturated rings. The van der Waals surface area contributed by atoms with Gasteiger partial charge in [-0.25, -0.2) is 0 Å². The van der Waals surface area contributed by atoms with Crippen LogP contribution in [0.25, 0.3) is 0 Å². The predicted molar refractivity (Wildman–Crippen MR) is 114 cm³/mol. The molecule has 0 aliphatic carbocycles. The van der Waals surface area contributed by atoms with Crippen LogP contribution in [-0.4, -0.2) is 31.2 Å². The lowest BCUT2D eigenvalue weighted by Gasteiger charge is -2.09. The van der Waals surface area contributed by atoms with Crippen LogP contribution in [0.3, 0.4) is 0 Å². The lowest BCUT2D eigenvalue weighted by molar-refractivity contribution is 0.571. The zero-order valence-electron chi connectivity index (χ0n) is 14.8. The van der Waals surface area contributed by atoms with Gasteiger partial charge in [0.1, 0.15) is 10.2 Å². The Kier molecular flexibility index (Phi) is 6.71. The number of halogens is 2. The van der Waals surface area contributed by atoms with E-state index in [1.165, 1.54) is 5.56 Å². The summed E-state index contributed by atoms with van der Waals surface area (Å²) in [7, 11) is 0. The molecular weight excluding hydrogens is 403 g/mol. The van der Waals surface area contributed by atoms with Gasteiger partial charge in [0.15, 0.2) is 5.11 Å². The number of rotatable bonds is 7. The van der Waals surface area contributed by atoms with Crippen molar-refractivity contribution < 1.29 is 0 Å². The Morgan fingerprint density at radius 3 is 2.70 bits per heavy atom. The lowest BCUT2D eigenvalue weighted by Crippen LogP contribution is -2.29. The molecule has 3 rings (SSSR count). The Bertz CT molecular complexity index is 906. The topological polar surface area (TPSA) is 59.7 Å². The van der Waals surface area contributed by atoms with Crippen molar-refractivity contribution in [3.63, 3.8) is 0 Å². The molecule has 142 valence electrons. The number of aromatic nitrogens is 4. The van der Waals surface area contributed by atoms with Gasteiger partial charge in [0.2, 0.25) is 0 Å². The minimum atomic E-state index is 0.473. The molecular formula is C18H20Cl2N6S. The Morgan fingerprint density at radius 1 is 1.22 bits per heavy atom. The van der Waals surface area contributed by atoms with Gasteiger partial charge in [0.05, 0.1) is 24.1 Å². The average Bonchev–Trinajstić information content (AvgIpc) is 3.19. The average molecular weight is 423 g/mol. The number of nitrogens with zero attached hydrogens (tertiary/aromatic N) is 4. The van der Waals surface area contributed by atoms with E-state index in [0.29, 0.717) is 28.4 Å². The maximum Gasteiger partial charge on any atom is 0.170 e. The summed E-state index contributed by atoms with van der Waals surface area (Å²) in [5.41, 5.74) is 2.78. The predicted octanol–water partition coefficient (Wildman–Crippen LogP) is 4.12. The molecule has 0 spiro atoms. The number of hydrogen-bond acceptors (Lipinski definition) is 3. The summed E-state index contributed by atoms with van der Waals surface area (Å²) >= 11 is 17.5. The van der Waals surface area contributed by atoms with Crippen molar-refractivity contribution in [3.05, 3.63) is 64.2 Å². The van der Waals surface area contributed by atoms with E-state index in [1.807, 2.05) is 36.0 Å². The van der Waals surface area contributed by atoms with Gasteiger partial charge in [0, 0.05) is 19.3 Å². The molecule has 0 unspecified atom stereocenters. The van der Waals surface area contributed by atoms with Crippen LogP contribution in [0.15, 0.2) is 42.7 Å². The maximum atomic E-state index is 6.12. The molecule has 0 saturated carbocycles. The number of benzene rings is 1. The minimum absolute atomic E-state index is 0.473. The van der Waals surface area contributed by atoms with E-state index in [9.17, 15) is 0 Å². The number of nitrogens with one attached hydrogen (secondary N) is 2. The summed E-state index contributed by atoms with van der Waals surface area (Å²) in [5, 5.41) is 16.5. The zero-order valence-corrected chi connectivity index (χ0v) is 17.2. The molecule has 6 nitrogen and oxygen atoms in total. The molecule has 3 aromatic rings. The van der Waals surface area contributed by atoms with Gasteiger partial charge in [-0.05, 0) is 31.1 Å². The first-order valence-electron chi connectivity index (χ1n) is 8.52. The van der Waals surface area contributed by atoms with E-state index in [1.54, 1.807) is 10.9 Å². The summed E-state index contributed by atoms with van der Waals surface area (Å²) < 4.78 is 3.57. The van der Waals surface area contributed by atoms with Crippen molar-refractivity contribution in [3.8, 4) is 0 Å². The van der Waals surface area contributed by atoms with Crippen molar-refractivity contribution in [2.45, 2.75) is 26.4 Å². The second-order valence-corrected chi connectivity index (χ2v) is 7.20. The Morgan fingerprint density at radius 2 is 2.00 bits per heavy atom. The Hall–Kier alpha value is -2.09. The number of thiocarbonyl (C=S) groups is 1. The second kappa shape index (κ2) is 9.21. The fraction of sp³-hybridized carbons (Fsp3) is 0.278. The third kappa shape index (κ3) is 5.45. The van der Waals surface area contributed by atoms with E-state index < -0.39 is 0 Å². The highest BCUT2D eigenvalue weighted by atomic mass is 35.5. The molecule has 0 aliphatic heterocycles. The molecule has 0 amide bonds. The molecule has 0 saturated heterocycles. The first kappa shape index (κ1) is 19.7. The Labute approximate surface area is 173 Å². The van der Waals surface area contributed by atoms with E-state index in [0.717, 1.165) is 24.3 Å². The van der Waals surface area contributed by atoms with E-state index in [2.05, 4.69) is 33.0 Å². The molecule has 2 heterocycles. The SMILES string of the molecule is Cc1nn(CCCNC(=S)Nc2cnn(Cc3ccccc3)c2)c(Cl)c1Cl. The van der Waals surface area contributed by atoms with Crippen LogP contribution in [-0.2, 0) is 13.1 Å². The highest BCUT2D eigenvalue weighted by Crippen LogP contribution is 2.24. The zero-order chi connectivity index (χ0) is 19.2. The molecule has 1 aromatic carbocycles. The van der Waals surface area contributed by atoms with Crippen LogP contribution in [0, 0.1) is 6.92 Å². The van der Waals surface area contributed by atoms with Crippen molar-refractivity contribution in [2.75, 3.05) is 11.9 Å². The van der Waals surface area contributed by atoms with Crippen molar-refractivity contribution in [1.29, 1.82) is 0 Å². The van der Waals surface area contributed by atoms with Crippen LogP contribution in [0.1, 0.15) is 17.7 Å². The van der Waals surface area contributed by atoms with Gasteiger partial charge in [-0.1, -0.05) is 53.5 Å². The van der Waals surface area contributed by atoms with E-state index in [4.69, 9.17) is 35.4 Å². The highest BCUT2D eigenvalue weighted by molar-refractivity contribution is 7.80. The number of hydrogen-bond donors (Lipinski definition) is 2. The first-order valence-corrected chi connectivity index (χ1v) is 9.69. The van der Waals surface area contributed by atoms with Gasteiger partial charge in [-0.2, -0.15) is 10.2 Å². The number of anilines is 1. The molecule has 0 bridgehead atoms. The fourth-order valence-electron chi connectivity index (χ4n) is 2.57. The van der Waals surface area contributed by atoms with Gasteiger partial charge in [0.25, 0.3) is 0 Å². The molecule has 2 aromatic heterocycles. The monoisotopic (exact) mass is 422 g/mol. The third-order valence-corrected chi connectivity index (χ3v) is 5.09. The summed E-state index contributed by atoms with van der Waals surface area (Å²) in [4.78, 5) is 0. The van der Waals surface area contributed by atoms with Crippen molar-refractivity contribution in [1.82, 2.24) is 24.9 Å². The largest absolute Gasteiger partial charge is 0.362 e. The lowest BCUT2D eigenvalue weighted by atomic mass is 10.2. The quantitative estimate of drug-likeness (QED) is 0.442. The van der Waals surface area contributed by atoms with Crippen LogP contribution >= 0.6 is 35.4 Å². The molecule has 27 heavy (non-hydrogen) atoms. The van der Waals surface area contributed by atoms with Crippen LogP contribution < -0.4 is 10.6 Å². The van der Waals surface area contributed by atoms with Gasteiger partial charge in [-0.15, -0.1) is 0 Å². The molecule has 0 aliphatic rings. The first-order chi connectivity index (χ1) is 13.0. The molecule has 0 atom stereocenters. The van der Waals surface area contributed by atoms with E-state index in [-0.39, 0.29) is 0 Å². The summed E-state index contributed by atoms with van der Waals surface area (Å²) in [6.45, 7) is 3.91. The van der Waals surface area contributed by atoms with E-state index >= 15 is 0 Å². The summed E-state index contributed by atoms with van der Waals surface area (Å²) in [6, 6.07) is 10.2. The van der Waals surface area contributed by atoms with Gasteiger partial charge >= 0.3 is 0 Å². The second-order valence-electron chi connectivity index (χ2n) is 6.06. The molecule has 2 N–H and O–H groups in total. The Balaban J connectivity index is 1.41. The normalized spacial score (nSPS) is 10.8. The van der Waals surface area contributed by atoms with Crippen LogP contribution in [0.4, 0.5) is 5.69 Å². The summed E-state index contributed by atoms with van der Waals surface area (Å²) in [6.07, 6.45) is 4.49. The highest BCUT2D eigenvalue weighted by Gasteiger charge is 2.10. The maximum absolute atomic E-state index is 6.12. The summed E-state index contributed by atoms with van der Waals surface area (Å²) in [5.74, 6) is 0. The van der Waals surface area contributed by atoms with Crippen LogP contribution in [0.5, 0.6) is 0 Å². The van der Waals surface area contributed by atoms with Gasteiger partial charge < -0.3 is 10.6 Å². The van der Waals surface area contributed by atoms with Crippen molar-refractivity contribution in [2.24, 2.45) is 0 Å². The molecule has 0 radical (unpaired) electrons. The van der Waals surface area contributed by atoms with Gasteiger partial charge in [-0.3, -0.25) is 9.36 Å². The van der Waals surface area contributed by atoms with Crippen LogP contribution in [0.2, 0.25) is 10.2 Å². The third-order valence-electron chi connectivity index (χ3n) is 3.91. The van der Waals surface area contributed by atoms with Crippen molar-refractivity contribution >= 4 is 46.2 Å².